The van der Waals surface area contributed by atoms with E-state index in [1.54, 1.807) is 26.4 Å². The predicted octanol–water partition coefficient (Wildman–Crippen LogP) is 3.65. The molecular weight excluding hydrogens is 334 g/mol. The zero-order chi connectivity index (χ0) is 13.8. The summed E-state index contributed by atoms with van der Waals surface area (Å²) in [5.41, 5.74) is 0.720. The van der Waals surface area contributed by atoms with Crippen molar-refractivity contribution in [2.45, 2.75) is 0 Å². The monoisotopic (exact) mass is 343 g/mol. The molecule has 1 aromatic carbocycles. The van der Waals surface area contributed by atoms with Crippen molar-refractivity contribution < 1.29 is 9.47 Å². The smallest absolute Gasteiger partial charge is 0.149 e. The minimum absolute atomic E-state index is 0.333. The Morgan fingerprint density at radius 2 is 2.00 bits per heavy atom. The molecule has 1 aromatic heterocycles. The largest absolute Gasteiger partial charge is 0.497 e. The Morgan fingerprint density at radius 1 is 1.21 bits per heavy atom. The van der Waals surface area contributed by atoms with Gasteiger partial charge in [-0.1, -0.05) is 11.6 Å². The third kappa shape index (κ3) is 3.08. The highest BCUT2D eigenvalue weighted by molar-refractivity contribution is 9.10. The van der Waals surface area contributed by atoms with Crippen LogP contribution in [0, 0.1) is 0 Å². The number of hydrogen-bond acceptors (Lipinski definition) is 5. The average Bonchev–Trinajstić information content (AvgIpc) is 2.43. The van der Waals surface area contributed by atoms with Gasteiger partial charge in [0.2, 0.25) is 0 Å². The van der Waals surface area contributed by atoms with E-state index in [9.17, 15) is 0 Å². The molecule has 0 fully saturated rings. The summed E-state index contributed by atoms with van der Waals surface area (Å²) in [5.74, 6) is 1.92. The van der Waals surface area contributed by atoms with Crippen LogP contribution in [0.1, 0.15) is 0 Å². The lowest BCUT2D eigenvalue weighted by atomic mass is 10.2. The van der Waals surface area contributed by atoms with Gasteiger partial charge in [0.1, 0.15) is 28.8 Å². The maximum absolute atomic E-state index is 5.92. The van der Waals surface area contributed by atoms with Crippen LogP contribution in [0.4, 0.5) is 11.5 Å². The molecule has 7 heteroatoms. The van der Waals surface area contributed by atoms with Crippen LogP contribution in [0.2, 0.25) is 5.15 Å². The number of hydrogen-bond donors (Lipinski definition) is 1. The number of anilines is 2. The first-order chi connectivity index (χ1) is 9.15. The number of ether oxygens (including phenoxy) is 2. The van der Waals surface area contributed by atoms with Crippen LogP contribution in [0.5, 0.6) is 11.5 Å². The Balaban J connectivity index is 2.39. The molecule has 0 aliphatic heterocycles. The van der Waals surface area contributed by atoms with Crippen molar-refractivity contribution in [3.63, 3.8) is 0 Å². The highest BCUT2D eigenvalue weighted by Crippen LogP contribution is 2.34. The van der Waals surface area contributed by atoms with Gasteiger partial charge in [-0.15, -0.1) is 0 Å². The van der Waals surface area contributed by atoms with E-state index in [0.29, 0.717) is 26.9 Å². The summed E-state index contributed by atoms with van der Waals surface area (Å²) in [6.45, 7) is 0. The van der Waals surface area contributed by atoms with Crippen molar-refractivity contribution in [1.82, 2.24) is 9.97 Å². The van der Waals surface area contributed by atoms with Gasteiger partial charge < -0.3 is 14.8 Å². The summed E-state index contributed by atoms with van der Waals surface area (Å²) in [6.07, 6.45) is 1.38. The molecule has 2 aromatic rings. The fourth-order valence-corrected chi connectivity index (χ4v) is 1.91. The molecular formula is C12H11BrClN3O2. The van der Waals surface area contributed by atoms with Crippen molar-refractivity contribution in [3.05, 3.63) is 34.2 Å². The molecule has 0 saturated carbocycles. The summed E-state index contributed by atoms with van der Waals surface area (Å²) < 4.78 is 11.0. The van der Waals surface area contributed by atoms with Crippen LogP contribution >= 0.6 is 27.5 Å². The van der Waals surface area contributed by atoms with E-state index in [4.69, 9.17) is 21.1 Å². The van der Waals surface area contributed by atoms with E-state index < -0.39 is 0 Å². The molecule has 0 bridgehead atoms. The van der Waals surface area contributed by atoms with Crippen LogP contribution in [-0.4, -0.2) is 24.2 Å². The standard InChI is InChI=1S/C12H11BrClN3O2/c1-18-7-3-4-9(19-2)8(5-7)17-12-10(13)11(14)15-6-16-12/h3-6H,1-2H3,(H,15,16,17). The lowest BCUT2D eigenvalue weighted by Crippen LogP contribution is -1.99. The molecule has 0 amide bonds. The van der Waals surface area contributed by atoms with Crippen LogP contribution in [0.15, 0.2) is 29.0 Å². The molecule has 19 heavy (non-hydrogen) atoms. The van der Waals surface area contributed by atoms with E-state index in [0.717, 1.165) is 5.69 Å². The molecule has 0 aliphatic rings. The lowest BCUT2D eigenvalue weighted by molar-refractivity contribution is 0.405. The maximum Gasteiger partial charge on any atom is 0.149 e. The Bertz CT molecular complexity index is 595. The number of aromatic nitrogens is 2. The second-order valence-electron chi connectivity index (χ2n) is 3.52. The molecule has 1 heterocycles. The number of benzene rings is 1. The number of rotatable bonds is 4. The van der Waals surface area contributed by atoms with Crippen LogP contribution < -0.4 is 14.8 Å². The molecule has 0 aliphatic carbocycles. The first kappa shape index (κ1) is 13.9. The van der Waals surface area contributed by atoms with E-state index in [1.807, 2.05) is 6.07 Å². The highest BCUT2D eigenvalue weighted by Gasteiger charge is 2.10. The van der Waals surface area contributed by atoms with Gasteiger partial charge in [-0.25, -0.2) is 9.97 Å². The Labute approximate surface area is 124 Å². The Kier molecular flexibility index (Phi) is 4.44. The lowest BCUT2D eigenvalue weighted by Gasteiger charge is -2.13. The van der Waals surface area contributed by atoms with Crippen molar-refractivity contribution in [2.24, 2.45) is 0 Å². The maximum atomic E-state index is 5.92. The molecule has 1 N–H and O–H groups in total. The van der Waals surface area contributed by atoms with Crippen LogP contribution in [-0.2, 0) is 0 Å². The molecule has 0 spiro atoms. The zero-order valence-electron chi connectivity index (χ0n) is 10.3. The van der Waals surface area contributed by atoms with Gasteiger partial charge in [0.25, 0.3) is 0 Å². The van der Waals surface area contributed by atoms with Crippen molar-refractivity contribution >= 4 is 39.0 Å². The normalized spacial score (nSPS) is 10.1. The van der Waals surface area contributed by atoms with E-state index in [1.165, 1.54) is 6.33 Å². The van der Waals surface area contributed by atoms with E-state index in [-0.39, 0.29) is 0 Å². The fourth-order valence-electron chi connectivity index (χ4n) is 1.47. The SMILES string of the molecule is COc1ccc(OC)c(Nc2ncnc(Cl)c2Br)c1. The summed E-state index contributed by atoms with van der Waals surface area (Å²) in [6, 6.07) is 5.42. The highest BCUT2D eigenvalue weighted by atomic mass is 79.9. The van der Waals surface area contributed by atoms with E-state index in [2.05, 4.69) is 31.2 Å². The summed E-state index contributed by atoms with van der Waals surface area (Å²) in [7, 11) is 3.19. The molecule has 2 rings (SSSR count). The van der Waals surface area contributed by atoms with Crippen molar-refractivity contribution in [2.75, 3.05) is 19.5 Å². The molecule has 0 unspecified atom stereocenters. The summed E-state index contributed by atoms with van der Waals surface area (Å²) in [4.78, 5) is 7.98. The molecule has 5 nitrogen and oxygen atoms in total. The van der Waals surface area contributed by atoms with Gasteiger partial charge in [0.15, 0.2) is 0 Å². The third-order valence-corrected chi connectivity index (χ3v) is 3.67. The first-order valence-electron chi connectivity index (χ1n) is 5.30. The Morgan fingerprint density at radius 3 is 2.68 bits per heavy atom. The fraction of sp³-hybridized carbons (Fsp3) is 0.167. The van der Waals surface area contributed by atoms with Crippen molar-refractivity contribution in [3.8, 4) is 11.5 Å². The molecule has 100 valence electrons. The van der Waals surface area contributed by atoms with Gasteiger partial charge >= 0.3 is 0 Å². The Hall–Kier alpha value is -1.53. The number of nitrogens with zero attached hydrogens (tertiary/aromatic N) is 2. The van der Waals surface area contributed by atoms with Gasteiger partial charge in [0, 0.05) is 6.07 Å². The predicted molar refractivity (Wildman–Crippen MR) is 77.6 cm³/mol. The summed E-state index contributed by atoms with van der Waals surface area (Å²) >= 11 is 9.25. The molecule has 0 saturated heterocycles. The minimum Gasteiger partial charge on any atom is -0.497 e. The average molecular weight is 345 g/mol. The summed E-state index contributed by atoms with van der Waals surface area (Å²) in [5, 5.41) is 3.45. The second kappa shape index (κ2) is 6.08. The second-order valence-corrected chi connectivity index (χ2v) is 4.67. The number of halogens is 2. The minimum atomic E-state index is 0.333. The van der Waals surface area contributed by atoms with Gasteiger partial charge in [0.05, 0.1) is 24.4 Å². The number of methoxy groups -OCH3 is 2. The topological polar surface area (TPSA) is 56.3 Å². The quantitative estimate of drug-likeness (QED) is 0.858. The van der Waals surface area contributed by atoms with Gasteiger partial charge in [-0.2, -0.15) is 0 Å². The third-order valence-electron chi connectivity index (χ3n) is 2.41. The van der Waals surface area contributed by atoms with Crippen LogP contribution in [0.3, 0.4) is 0 Å². The van der Waals surface area contributed by atoms with Crippen molar-refractivity contribution in [1.29, 1.82) is 0 Å². The molecule has 0 radical (unpaired) electrons. The van der Waals surface area contributed by atoms with E-state index >= 15 is 0 Å². The first-order valence-corrected chi connectivity index (χ1v) is 6.48. The number of nitrogens with one attached hydrogen (secondary N) is 1. The van der Waals surface area contributed by atoms with Gasteiger partial charge in [-0.3, -0.25) is 0 Å². The molecule has 0 atom stereocenters. The zero-order valence-corrected chi connectivity index (χ0v) is 12.6. The van der Waals surface area contributed by atoms with Crippen LogP contribution in [0.25, 0.3) is 0 Å². The van der Waals surface area contributed by atoms with Gasteiger partial charge in [-0.05, 0) is 28.1 Å².